The Labute approximate surface area is 129 Å². The van der Waals surface area contributed by atoms with Gasteiger partial charge in [0.1, 0.15) is 6.26 Å². The summed E-state index contributed by atoms with van der Waals surface area (Å²) >= 11 is 0. The number of hydrogen-bond donors (Lipinski definition) is 1. The standard InChI is InChI=1S/C17H17N3O2/c1-2-21-17-15(9-6-10-18-17)19-11-14-12-22-16(20-14)13-7-4-3-5-8-13/h3-10,12,19H,2,11H2,1H3. The molecule has 0 spiro atoms. The summed E-state index contributed by atoms with van der Waals surface area (Å²) in [5, 5.41) is 3.27. The first kappa shape index (κ1) is 14.1. The Morgan fingerprint density at radius 2 is 2.00 bits per heavy atom. The molecule has 3 rings (SSSR count). The molecule has 112 valence electrons. The van der Waals surface area contributed by atoms with E-state index in [-0.39, 0.29) is 0 Å². The molecule has 0 atom stereocenters. The third kappa shape index (κ3) is 3.25. The molecular weight excluding hydrogens is 278 g/mol. The molecule has 0 saturated heterocycles. The molecule has 0 aliphatic heterocycles. The van der Waals surface area contributed by atoms with Crippen LogP contribution in [0.3, 0.4) is 0 Å². The average molecular weight is 295 g/mol. The molecule has 0 amide bonds. The zero-order valence-corrected chi connectivity index (χ0v) is 12.3. The zero-order chi connectivity index (χ0) is 15.2. The third-order valence-corrected chi connectivity index (χ3v) is 3.08. The van der Waals surface area contributed by atoms with Crippen LogP contribution >= 0.6 is 0 Å². The van der Waals surface area contributed by atoms with Crippen LogP contribution in [0, 0.1) is 0 Å². The summed E-state index contributed by atoms with van der Waals surface area (Å²) in [4.78, 5) is 8.69. The highest BCUT2D eigenvalue weighted by Gasteiger charge is 2.08. The van der Waals surface area contributed by atoms with Gasteiger partial charge in [-0.2, -0.15) is 0 Å². The molecule has 0 saturated carbocycles. The van der Waals surface area contributed by atoms with Crippen LogP contribution in [-0.2, 0) is 6.54 Å². The van der Waals surface area contributed by atoms with E-state index in [1.807, 2.05) is 49.4 Å². The summed E-state index contributed by atoms with van der Waals surface area (Å²) in [5.74, 6) is 1.21. The second kappa shape index (κ2) is 6.76. The number of rotatable bonds is 6. The molecule has 0 fully saturated rings. The SMILES string of the molecule is CCOc1ncccc1NCc1coc(-c2ccccc2)n1. The van der Waals surface area contributed by atoms with Crippen molar-refractivity contribution in [3.8, 4) is 17.3 Å². The topological polar surface area (TPSA) is 60.2 Å². The molecule has 2 heterocycles. The normalized spacial score (nSPS) is 10.4. The molecule has 5 nitrogen and oxygen atoms in total. The number of hydrogen-bond acceptors (Lipinski definition) is 5. The maximum Gasteiger partial charge on any atom is 0.237 e. The van der Waals surface area contributed by atoms with Gasteiger partial charge in [0.05, 0.1) is 24.5 Å². The minimum Gasteiger partial charge on any atom is -0.476 e. The van der Waals surface area contributed by atoms with Crippen molar-refractivity contribution in [2.75, 3.05) is 11.9 Å². The van der Waals surface area contributed by atoms with Crippen LogP contribution in [0.4, 0.5) is 5.69 Å². The fourth-order valence-electron chi connectivity index (χ4n) is 2.06. The number of benzene rings is 1. The van der Waals surface area contributed by atoms with E-state index in [0.29, 0.717) is 24.9 Å². The van der Waals surface area contributed by atoms with Crippen LogP contribution in [0.1, 0.15) is 12.6 Å². The average Bonchev–Trinajstić information content (AvgIpc) is 3.04. The minimum atomic E-state index is 0.544. The van der Waals surface area contributed by atoms with Crippen LogP contribution < -0.4 is 10.1 Å². The van der Waals surface area contributed by atoms with Gasteiger partial charge in [-0.25, -0.2) is 9.97 Å². The zero-order valence-electron chi connectivity index (χ0n) is 12.3. The number of aromatic nitrogens is 2. The summed E-state index contributed by atoms with van der Waals surface area (Å²) in [7, 11) is 0. The van der Waals surface area contributed by atoms with Crippen molar-refractivity contribution >= 4 is 5.69 Å². The highest BCUT2D eigenvalue weighted by atomic mass is 16.5. The number of nitrogens with zero attached hydrogens (tertiary/aromatic N) is 2. The summed E-state index contributed by atoms with van der Waals surface area (Å²) in [5.41, 5.74) is 2.63. The second-order valence-electron chi connectivity index (χ2n) is 4.65. The molecule has 3 aromatic rings. The van der Waals surface area contributed by atoms with Crippen molar-refractivity contribution in [3.05, 3.63) is 60.6 Å². The van der Waals surface area contributed by atoms with Gasteiger partial charge in [-0.1, -0.05) is 18.2 Å². The quantitative estimate of drug-likeness (QED) is 0.750. The van der Waals surface area contributed by atoms with Crippen LogP contribution in [-0.4, -0.2) is 16.6 Å². The van der Waals surface area contributed by atoms with Crippen LogP contribution in [0.25, 0.3) is 11.5 Å². The predicted octanol–water partition coefficient (Wildman–Crippen LogP) is 3.75. The lowest BCUT2D eigenvalue weighted by Crippen LogP contribution is -2.04. The first-order valence-corrected chi connectivity index (χ1v) is 7.18. The Morgan fingerprint density at radius 1 is 1.14 bits per heavy atom. The Bertz CT molecular complexity index is 726. The van der Waals surface area contributed by atoms with Gasteiger partial charge in [-0.3, -0.25) is 0 Å². The third-order valence-electron chi connectivity index (χ3n) is 3.08. The van der Waals surface area contributed by atoms with Gasteiger partial charge in [0.2, 0.25) is 11.8 Å². The molecule has 22 heavy (non-hydrogen) atoms. The lowest BCUT2D eigenvalue weighted by atomic mass is 10.2. The van der Waals surface area contributed by atoms with Crippen molar-refractivity contribution in [2.45, 2.75) is 13.5 Å². The number of anilines is 1. The van der Waals surface area contributed by atoms with E-state index in [1.54, 1.807) is 12.5 Å². The molecule has 5 heteroatoms. The first-order chi connectivity index (χ1) is 10.9. The summed E-state index contributed by atoms with van der Waals surface area (Å²) in [6.45, 7) is 3.05. The molecule has 0 unspecified atom stereocenters. The van der Waals surface area contributed by atoms with Crippen LogP contribution in [0.2, 0.25) is 0 Å². The Morgan fingerprint density at radius 3 is 2.82 bits per heavy atom. The summed E-state index contributed by atoms with van der Waals surface area (Å²) in [6, 6.07) is 13.6. The predicted molar refractivity (Wildman–Crippen MR) is 84.7 cm³/mol. The Kier molecular flexibility index (Phi) is 4.34. The lowest BCUT2D eigenvalue weighted by Gasteiger charge is -2.09. The molecule has 0 radical (unpaired) electrons. The van der Waals surface area contributed by atoms with E-state index in [0.717, 1.165) is 16.9 Å². The Balaban J connectivity index is 1.69. The highest BCUT2D eigenvalue weighted by molar-refractivity contribution is 5.54. The molecule has 1 N–H and O–H groups in total. The maximum atomic E-state index is 5.52. The highest BCUT2D eigenvalue weighted by Crippen LogP contribution is 2.22. The van der Waals surface area contributed by atoms with Gasteiger partial charge >= 0.3 is 0 Å². The van der Waals surface area contributed by atoms with Crippen molar-refractivity contribution < 1.29 is 9.15 Å². The molecular formula is C17H17N3O2. The smallest absolute Gasteiger partial charge is 0.237 e. The van der Waals surface area contributed by atoms with E-state index in [4.69, 9.17) is 9.15 Å². The molecule has 0 aliphatic rings. The molecule has 2 aromatic heterocycles. The van der Waals surface area contributed by atoms with Gasteiger partial charge in [-0.15, -0.1) is 0 Å². The van der Waals surface area contributed by atoms with Crippen LogP contribution in [0.15, 0.2) is 59.3 Å². The van der Waals surface area contributed by atoms with Gasteiger partial charge < -0.3 is 14.5 Å². The molecule has 1 aromatic carbocycles. The van der Waals surface area contributed by atoms with Gasteiger partial charge in [-0.05, 0) is 31.2 Å². The van der Waals surface area contributed by atoms with E-state index in [1.165, 1.54) is 0 Å². The number of pyridine rings is 1. The van der Waals surface area contributed by atoms with Crippen molar-refractivity contribution in [1.82, 2.24) is 9.97 Å². The molecule has 0 aliphatic carbocycles. The second-order valence-corrected chi connectivity index (χ2v) is 4.65. The van der Waals surface area contributed by atoms with Crippen molar-refractivity contribution in [1.29, 1.82) is 0 Å². The van der Waals surface area contributed by atoms with Gasteiger partial charge in [0, 0.05) is 11.8 Å². The number of ether oxygens (including phenoxy) is 1. The monoisotopic (exact) mass is 295 g/mol. The van der Waals surface area contributed by atoms with Crippen molar-refractivity contribution in [3.63, 3.8) is 0 Å². The number of oxazole rings is 1. The molecule has 0 bridgehead atoms. The fourth-order valence-corrected chi connectivity index (χ4v) is 2.06. The van der Waals surface area contributed by atoms with E-state index in [9.17, 15) is 0 Å². The van der Waals surface area contributed by atoms with E-state index in [2.05, 4.69) is 15.3 Å². The first-order valence-electron chi connectivity index (χ1n) is 7.18. The minimum absolute atomic E-state index is 0.544. The summed E-state index contributed by atoms with van der Waals surface area (Å²) in [6.07, 6.45) is 3.37. The fraction of sp³-hybridized carbons (Fsp3) is 0.176. The van der Waals surface area contributed by atoms with Crippen molar-refractivity contribution in [2.24, 2.45) is 0 Å². The summed E-state index contributed by atoms with van der Waals surface area (Å²) < 4.78 is 11.0. The maximum absolute atomic E-state index is 5.52. The number of nitrogens with one attached hydrogen (secondary N) is 1. The lowest BCUT2D eigenvalue weighted by molar-refractivity contribution is 0.328. The van der Waals surface area contributed by atoms with Crippen LogP contribution in [0.5, 0.6) is 5.88 Å². The van der Waals surface area contributed by atoms with Gasteiger partial charge in [0.25, 0.3) is 0 Å². The van der Waals surface area contributed by atoms with Gasteiger partial charge in [0.15, 0.2) is 0 Å². The van der Waals surface area contributed by atoms with E-state index >= 15 is 0 Å². The van der Waals surface area contributed by atoms with E-state index < -0.39 is 0 Å². The largest absolute Gasteiger partial charge is 0.476 e. The Hall–Kier alpha value is -2.82.